The summed E-state index contributed by atoms with van der Waals surface area (Å²) in [5.74, 6) is -0.00658. The molecule has 1 saturated heterocycles. The Bertz CT molecular complexity index is 362. The van der Waals surface area contributed by atoms with Gasteiger partial charge in [0.2, 0.25) is 0 Å². The molecule has 2 aliphatic rings. The molecular formula is C18H35ClN2O3. The fourth-order valence-corrected chi connectivity index (χ4v) is 4.04. The van der Waals surface area contributed by atoms with E-state index in [-0.39, 0.29) is 19.0 Å². The van der Waals surface area contributed by atoms with Crippen molar-refractivity contribution in [1.82, 2.24) is 9.80 Å². The molecule has 6 heteroatoms. The Morgan fingerprint density at radius 1 is 1.21 bits per heavy atom. The molecule has 1 aliphatic heterocycles. The largest absolute Gasteiger partial charge is 0.480 e. The smallest absolute Gasteiger partial charge is 0.317 e. The molecule has 0 aromatic carbocycles. The number of rotatable bonds is 8. The number of nitrogens with zero attached hydrogens (tertiary/aromatic N) is 2. The molecule has 24 heavy (non-hydrogen) atoms. The zero-order valence-electron chi connectivity index (χ0n) is 15.3. The van der Waals surface area contributed by atoms with E-state index < -0.39 is 5.97 Å². The van der Waals surface area contributed by atoms with Crippen LogP contribution in [0, 0.1) is 5.92 Å². The number of piperidine rings is 1. The van der Waals surface area contributed by atoms with Crippen LogP contribution in [0.3, 0.4) is 0 Å². The van der Waals surface area contributed by atoms with Crippen LogP contribution in [0.4, 0.5) is 0 Å². The molecule has 5 nitrogen and oxygen atoms in total. The number of carboxylic acid groups (broad SMARTS) is 1. The van der Waals surface area contributed by atoms with Gasteiger partial charge in [-0.25, -0.2) is 0 Å². The topological polar surface area (TPSA) is 53.0 Å². The molecule has 0 radical (unpaired) electrons. The van der Waals surface area contributed by atoms with Crippen LogP contribution in [0.5, 0.6) is 0 Å². The third-order valence-electron chi connectivity index (χ3n) is 5.59. The SMILES string of the molecule is CCN(CC(=O)O)C1CCN(CCOC2CCCCC2C)CC1.Cl. The first kappa shape index (κ1) is 21.7. The first-order chi connectivity index (χ1) is 11.1. The number of hydrogen-bond donors (Lipinski definition) is 1. The van der Waals surface area contributed by atoms with Gasteiger partial charge >= 0.3 is 5.97 Å². The molecular weight excluding hydrogens is 328 g/mol. The number of carbonyl (C=O) groups is 1. The molecule has 0 spiro atoms. The van der Waals surface area contributed by atoms with Gasteiger partial charge in [0, 0.05) is 12.6 Å². The summed E-state index contributed by atoms with van der Waals surface area (Å²) in [5.41, 5.74) is 0. The van der Waals surface area contributed by atoms with Gasteiger partial charge in [0.1, 0.15) is 0 Å². The third kappa shape index (κ3) is 6.87. The molecule has 0 amide bonds. The van der Waals surface area contributed by atoms with Crippen molar-refractivity contribution >= 4 is 18.4 Å². The van der Waals surface area contributed by atoms with E-state index in [2.05, 4.69) is 23.6 Å². The van der Waals surface area contributed by atoms with Crippen molar-refractivity contribution in [3.63, 3.8) is 0 Å². The van der Waals surface area contributed by atoms with E-state index >= 15 is 0 Å². The maximum Gasteiger partial charge on any atom is 0.317 e. The van der Waals surface area contributed by atoms with E-state index in [1.54, 1.807) is 0 Å². The van der Waals surface area contributed by atoms with Crippen molar-refractivity contribution in [2.24, 2.45) is 5.92 Å². The number of likely N-dealkylation sites (N-methyl/N-ethyl adjacent to an activating group) is 1. The van der Waals surface area contributed by atoms with Gasteiger partial charge in [0.25, 0.3) is 0 Å². The molecule has 1 saturated carbocycles. The highest BCUT2D eigenvalue weighted by atomic mass is 35.5. The number of aliphatic carboxylic acids is 1. The first-order valence-electron chi connectivity index (χ1n) is 9.40. The van der Waals surface area contributed by atoms with Crippen LogP contribution in [-0.4, -0.2) is 72.4 Å². The normalized spacial score (nSPS) is 26.3. The number of carboxylic acids is 1. The molecule has 1 N–H and O–H groups in total. The van der Waals surface area contributed by atoms with Gasteiger partial charge < -0.3 is 14.7 Å². The van der Waals surface area contributed by atoms with E-state index in [1.807, 2.05) is 0 Å². The van der Waals surface area contributed by atoms with Crippen molar-refractivity contribution in [2.45, 2.75) is 64.5 Å². The van der Waals surface area contributed by atoms with Crippen LogP contribution < -0.4 is 0 Å². The summed E-state index contributed by atoms with van der Waals surface area (Å²) >= 11 is 0. The Hall–Kier alpha value is -0.360. The average molecular weight is 363 g/mol. The van der Waals surface area contributed by atoms with E-state index in [4.69, 9.17) is 9.84 Å². The summed E-state index contributed by atoms with van der Waals surface area (Å²) < 4.78 is 6.12. The molecule has 2 rings (SSSR count). The predicted molar refractivity (Wildman–Crippen MR) is 99.0 cm³/mol. The van der Waals surface area contributed by atoms with E-state index in [0.717, 1.165) is 45.6 Å². The zero-order chi connectivity index (χ0) is 16.7. The van der Waals surface area contributed by atoms with Gasteiger partial charge in [0.15, 0.2) is 0 Å². The summed E-state index contributed by atoms with van der Waals surface area (Å²) in [6.45, 7) is 9.33. The van der Waals surface area contributed by atoms with E-state index in [1.165, 1.54) is 25.7 Å². The minimum absolute atomic E-state index is 0. The number of likely N-dealkylation sites (tertiary alicyclic amines) is 1. The highest BCUT2D eigenvalue weighted by Crippen LogP contribution is 2.26. The lowest BCUT2D eigenvalue weighted by atomic mass is 9.88. The second-order valence-electron chi connectivity index (χ2n) is 7.20. The summed E-state index contributed by atoms with van der Waals surface area (Å²) in [6.07, 6.45) is 7.82. The Labute approximate surface area is 153 Å². The van der Waals surface area contributed by atoms with Crippen molar-refractivity contribution < 1.29 is 14.6 Å². The minimum Gasteiger partial charge on any atom is -0.480 e. The van der Waals surface area contributed by atoms with E-state index in [9.17, 15) is 4.79 Å². The molecule has 2 atom stereocenters. The maximum absolute atomic E-state index is 10.9. The standard InChI is InChI=1S/C18H34N2O3.ClH/c1-3-20(14-18(21)22)16-8-10-19(11-9-16)12-13-23-17-7-5-4-6-15(17)2;/h15-17H,3-14H2,1-2H3,(H,21,22);1H. The Kier molecular flexibility index (Phi) is 10.2. The number of ether oxygens (including phenoxy) is 1. The van der Waals surface area contributed by atoms with Crippen molar-refractivity contribution in [3.05, 3.63) is 0 Å². The van der Waals surface area contributed by atoms with Crippen LogP contribution in [0.15, 0.2) is 0 Å². The lowest BCUT2D eigenvalue weighted by molar-refractivity contribution is -0.139. The lowest BCUT2D eigenvalue weighted by Crippen LogP contribution is -2.47. The van der Waals surface area contributed by atoms with Crippen molar-refractivity contribution in [2.75, 3.05) is 39.3 Å². The molecule has 2 unspecified atom stereocenters. The van der Waals surface area contributed by atoms with E-state index in [0.29, 0.717) is 18.1 Å². The minimum atomic E-state index is -0.718. The summed E-state index contributed by atoms with van der Waals surface area (Å²) in [5, 5.41) is 8.99. The molecule has 1 heterocycles. The number of halogens is 1. The second-order valence-corrected chi connectivity index (χ2v) is 7.20. The molecule has 1 aliphatic carbocycles. The van der Waals surface area contributed by atoms with Gasteiger partial charge in [-0.05, 0) is 51.2 Å². The zero-order valence-corrected chi connectivity index (χ0v) is 16.1. The Morgan fingerprint density at radius 2 is 1.88 bits per heavy atom. The van der Waals surface area contributed by atoms with Gasteiger partial charge in [-0.2, -0.15) is 0 Å². The second kappa shape index (κ2) is 11.3. The Morgan fingerprint density at radius 3 is 2.46 bits per heavy atom. The average Bonchev–Trinajstić information content (AvgIpc) is 2.55. The highest BCUT2D eigenvalue weighted by molar-refractivity contribution is 5.85. The third-order valence-corrected chi connectivity index (χ3v) is 5.59. The Balaban J connectivity index is 0.00000288. The quantitative estimate of drug-likeness (QED) is 0.719. The first-order valence-corrected chi connectivity index (χ1v) is 9.40. The molecule has 2 fully saturated rings. The highest BCUT2D eigenvalue weighted by Gasteiger charge is 2.26. The molecule has 142 valence electrons. The van der Waals surface area contributed by atoms with Crippen LogP contribution in [0.2, 0.25) is 0 Å². The predicted octanol–water partition coefficient (Wildman–Crippen LogP) is 2.87. The van der Waals surface area contributed by atoms with Crippen LogP contribution >= 0.6 is 12.4 Å². The van der Waals surface area contributed by atoms with Crippen LogP contribution in [0.25, 0.3) is 0 Å². The van der Waals surface area contributed by atoms with Gasteiger partial charge in [0.05, 0.1) is 19.3 Å². The number of hydrogen-bond acceptors (Lipinski definition) is 4. The fourth-order valence-electron chi connectivity index (χ4n) is 4.04. The molecule has 0 aromatic rings. The lowest BCUT2D eigenvalue weighted by Gasteiger charge is -2.37. The summed E-state index contributed by atoms with van der Waals surface area (Å²) in [4.78, 5) is 15.5. The van der Waals surface area contributed by atoms with Crippen LogP contribution in [-0.2, 0) is 9.53 Å². The maximum atomic E-state index is 10.9. The summed E-state index contributed by atoms with van der Waals surface area (Å²) in [6, 6.07) is 0.423. The monoisotopic (exact) mass is 362 g/mol. The van der Waals surface area contributed by atoms with Gasteiger partial charge in [-0.1, -0.05) is 26.7 Å². The van der Waals surface area contributed by atoms with Crippen molar-refractivity contribution in [3.8, 4) is 0 Å². The molecule has 0 bridgehead atoms. The van der Waals surface area contributed by atoms with Crippen LogP contribution in [0.1, 0.15) is 52.4 Å². The fraction of sp³-hybridized carbons (Fsp3) is 0.944. The van der Waals surface area contributed by atoms with Gasteiger partial charge in [-0.15, -0.1) is 12.4 Å². The van der Waals surface area contributed by atoms with Crippen molar-refractivity contribution in [1.29, 1.82) is 0 Å². The molecule has 0 aromatic heterocycles. The van der Waals surface area contributed by atoms with Gasteiger partial charge in [-0.3, -0.25) is 9.69 Å². The summed E-state index contributed by atoms with van der Waals surface area (Å²) in [7, 11) is 0.